The van der Waals surface area contributed by atoms with E-state index in [9.17, 15) is 4.79 Å². The number of hydrazone groups is 1. The lowest BCUT2D eigenvalue weighted by atomic mass is 10.0. The number of benzene rings is 3. The van der Waals surface area contributed by atoms with Gasteiger partial charge in [-0.2, -0.15) is 10.4 Å². The zero-order chi connectivity index (χ0) is 22.5. The Kier molecular flexibility index (Phi) is 6.14. The fraction of sp³-hybridized carbons (Fsp3) is 0.148. The van der Waals surface area contributed by atoms with Crippen molar-refractivity contribution in [1.82, 2.24) is 9.99 Å². The molecule has 0 aliphatic rings. The Labute approximate surface area is 187 Å². The highest BCUT2D eigenvalue weighted by molar-refractivity contribution is 5.99. The molecule has 0 spiro atoms. The number of aromatic nitrogens is 1. The summed E-state index contributed by atoms with van der Waals surface area (Å²) in [4.78, 5) is 12.4. The van der Waals surface area contributed by atoms with Crippen LogP contribution in [0.4, 0.5) is 0 Å². The molecule has 1 heterocycles. The Bertz CT molecular complexity index is 1360. The molecule has 4 rings (SSSR count). The Morgan fingerprint density at radius 2 is 1.94 bits per heavy atom. The molecule has 1 N–H and O–H groups in total. The van der Waals surface area contributed by atoms with Crippen molar-refractivity contribution in [2.45, 2.75) is 26.8 Å². The van der Waals surface area contributed by atoms with Gasteiger partial charge in [0.1, 0.15) is 0 Å². The molecule has 5 nitrogen and oxygen atoms in total. The third-order valence-corrected chi connectivity index (χ3v) is 5.47. The summed E-state index contributed by atoms with van der Waals surface area (Å²) < 4.78 is 2.13. The number of hydrogen-bond acceptors (Lipinski definition) is 3. The smallest absolute Gasteiger partial charge is 0.244 e. The minimum absolute atomic E-state index is 0.148. The predicted octanol–water partition coefficient (Wildman–Crippen LogP) is 4.87. The van der Waals surface area contributed by atoms with E-state index in [1.54, 1.807) is 12.3 Å². The van der Waals surface area contributed by atoms with Crippen molar-refractivity contribution in [1.29, 1.82) is 5.26 Å². The molecule has 0 bridgehead atoms. The molecular formula is C27H24N4O. The van der Waals surface area contributed by atoms with Crippen molar-refractivity contribution in [3.8, 4) is 6.07 Å². The van der Waals surface area contributed by atoms with Crippen LogP contribution in [-0.2, 0) is 17.8 Å². The number of nitrogens with one attached hydrogen (secondary N) is 1. The standard InChI is InChI=1S/C27H24N4O/c1-19-10-11-23(20(2)12-19)14-27(32)30-29-16-24-18-31(26-9-4-3-8-25(24)26)17-22-7-5-6-21(13-22)15-28/h3-13,16,18H,14,17H2,1-2H3,(H,30,32)/b29-16+. The molecule has 0 fully saturated rings. The second kappa shape index (κ2) is 9.32. The van der Waals surface area contributed by atoms with Crippen LogP contribution in [0.1, 0.15) is 33.4 Å². The molecule has 1 aromatic heterocycles. The number of hydrogen-bond donors (Lipinski definition) is 1. The number of aryl methyl sites for hydroxylation is 2. The lowest BCUT2D eigenvalue weighted by Crippen LogP contribution is -2.20. The van der Waals surface area contributed by atoms with Crippen molar-refractivity contribution in [3.05, 3.63) is 106 Å². The molecular weight excluding hydrogens is 396 g/mol. The highest BCUT2D eigenvalue weighted by Gasteiger charge is 2.09. The molecule has 1 amide bonds. The Morgan fingerprint density at radius 3 is 2.75 bits per heavy atom. The van der Waals surface area contributed by atoms with Gasteiger partial charge in [-0.3, -0.25) is 4.79 Å². The lowest BCUT2D eigenvalue weighted by Gasteiger charge is -2.06. The first-order valence-corrected chi connectivity index (χ1v) is 10.5. The quantitative estimate of drug-likeness (QED) is 0.357. The molecule has 0 saturated heterocycles. The monoisotopic (exact) mass is 420 g/mol. The lowest BCUT2D eigenvalue weighted by molar-refractivity contribution is -0.120. The molecule has 0 unspecified atom stereocenters. The second-order valence-corrected chi connectivity index (χ2v) is 7.94. The first kappa shape index (κ1) is 21.1. The van der Waals surface area contributed by atoms with E-state index in [4.69, 9.17) is 5.26 Å². The van der Waals surface area contributed by atoms with E-state index in [2.05, 4.69) is 33.3 Å². The molecule has 0 atom stereocenters. The first-order chi connectivity index (χ1) is 15.5. The van der Waals surface area contributed by atoms with Crippen LogP contribution < -0.4 is 5.43 Å². The average molecular weight is 421 g/mol. The van der Waals surface area contributed by atoms with Gasteiger partial charge in [0.25, 0.3) is 0 Å². The van der Waals surface area contributed by atoms with Gasteiger partial charge in [0.15, 0.2) is 0 Å². The largest absolute Gasteiger partial charge is 0.342 e. The van der Waals surface area contributed by atoms with Crippen molar-refractivity contribution in [3.63, 3.8) is 0 Å². The number of para-hydroxylation sites is 1. The SMILES string of the molecule is Cc1ccc(CC(=O)N/N=C/c2cn(Cc3cccc(C#N)c3)c3ccccc23)c(C)c1. The summed E-state index contributed by atoms with van der Waals surface area (Å²) in [5, 5.41) is 14.4. The molecule has 0 radical (unpaired) electrons. The van der Waals surface area contributed by atoms with Crippen LogP contribution in [0.15, 0.2) is 78.0 Å². The van der Waals surface area contributed by atoms with Gasteiger partial charge in [0, 0.05) is 29.2 Å². The molecule has 32 heavy (non-hydrogen) atoms. The molecule has 4 aromatic rings. The molecule has 0 saturated carbocycles. The summed E-state index contributed by atoms with van der Waals surface area (Å²) in [6.07, 6.45) is 3.99. The average Bonchev–Trinajstić information content (AvgIpc) is 3.13. The number of rotatable bonds is 6. The number of nitrogens with zero attached hydrogens (tertiary/aromatic N) is 3. The van der Waals surface area contributed by atoms with Gasteiger partial charge in [0.2, 0.25) is 5.91 Å². The normalized spacial score (nSPS) is 11.0. The fourth-order valence-electron chi connectivity index (χ4n) is 3.88. The topological polar surface area (TPSA) is 70.2 Å². The van der Waals surface area contributed by atoms with Crippen LogP contribution in [0.25, 0.3) is 10.9 Å². The van der Waals surface area contributed by atoms with Crippen LogP contribution in [0.3, 0.4) is 0 Å². The van der Waals surface area contributed by atoms with E-state index in [0.29, 0.717) is 18.5 Å². The van der Waals surface area contributed by atoms with Crippen molar-refractivity contribution < 1.29 is 4.79 Å². The van der Waals surface area contributed by atoms with E-state index in [-0.39, 0.29) is 5.91 Å². The fourth-order valence-corrected chi connectivity index (χ4v) is 3.88. The number of carbonyl (C=O) groups is 1. The van der Waals surface area contributed by atoms with Gasteiger partial charge in [-0.15, -0.1) is 0 Å². The Balaban J connectivity index is 1.51. The third-order valence-electron chi connectivity index (χ3n) is 5.47. The van der Waals surface area contributed by atoms with Crippen LogP contribution in [-0.4, -0.2) is 16.7 Å². The summed E-state index contributed by atoms with van der Waals surface area (Å²) in [6, 6.07) is 23.9. The first-order valence-electron chi connectivity index (χ1n) is 10.5. The molecule has 0 aliphatic heterocycles. The predicted molar refractivity (Wildman–Crippen MR) is 128 cm³/mol. The Hall–Kier alpha value is -4.17. The zero-order valence-electron chi connectivity index (χ0n) is 18.2. The van der Waals surface area contributed by atoms with E-state index in [1.807, 2.05) is 68.6 Å². The number of carbonyl (C=O) groups excluding carboxylic acids is 1. The number of amides is 1. The van der Waals surface area contributed by atoms with E-state index in [1.165, 1.54) is 5.56 Å². The maximum atomic E-state index is 12.4. The van der Waals surface area contributed by atoms with Gasteiger partial charge in [-0.1, -0.05) is 54.1 Å². The summed E-state index contributed by atoms with van der Waals surface area (Å²) in [6.45, 7) is 4.70. The third kappa shape index (κ3) is 4.76. The maximum Gasteiger partial charge on any atom is 0.244 e. The van der Waals surface area contributed by atoms with Crippen molar-refractivity contribution in [2.24, 2.45) is 5.10 Å². The van der Waals surface area contributed by atoms with E-state index in [0.717, 1.165) is 33.2 Å². The maximum absolute atomic E-state index is 12.4. The zero-order valence-corrected chi connectivity index (χ0v) is 18.2. The molecule has 5 heteroatoms. The minimum atomic E-state index is -0.148. The summed E-state index contributed by atoms with van der Waals surface area (Å²) in [5.74, 6) is -0.148. The molecule has 158 valence electrons. The highest BCUT2D eigenvalue weighted by atomic mass is 16.2. The van der Waals surface area contributed by atoms with Gasteiger partial charge < -0.3 is 4.57 Å². The van der Waals surface area contributed by atoms with E-state index < -0.39 is 0 Å². The van der Waals surface area contributed by atoms with Crippen LogP contribution in [0.5, 0.6) is 0 Å². The molecule has 3 aromatic carbocycles. The van der Waals surface area contributed by atoms with Crippen LogP contribution in [0, 0.1) is 25.2 Å². The minimum Gasteiger partial charge on any atom is -0.342 e. The van der Waals surface area contributed by atoms with Gasteiger partial charge in [-0.25, -0.2) is 5.43 Å². The summed E-state index contributed by atoms with van der Waals surface area (Å²) >= 11 is 0. The summed E-state index contributed by atoms with van der Waals surface area (Å²) in [7, 11) is 0. The summed E-state index contributed by atoms with van der Waals surface area (Å²) in [5.41, 5.74) is 9.61. The number of nitriles is 1. The second-order valence-electron chi connectivity index (χ2n) is 7.94. The highest BCUT2D eigenvalue weighted by Crippen LogP contribution is 2.21. The Morgan fingerprint density at radius 1 is 1.09 bits per heavy atom. The van der Waals surface area contributed by atoms with Gasteiger partial charge >= 0.3 is 0 Å². The van der Waals surface area contributed by atoms with Crippen molar-refractivity contribution >= 4 is 23.0 Å². The molecule has 0 aliphatic carbocycles. The number of fused-ring (bicyclic) bond motifs is 1. The van der Waals surface area contributed by atoms with Gasteiger partial charge in [0.05, 0.1) is 24.3 Å². The van der Waals surface area contributed by atoms with E-state index >= 15 is 0 Å². The van der Waals surface area contributed by atoms with Crippen molar-refractivity contribution in [2.75, 3.05) is 0 Å². The van der Waals surface area contributed by atoms with Crippen LogP contribution in [0.2, 0.25) is 0 Å². The van der Waals surface area contributed by atoms with Gasteiger partial charge in [-0.05, 0) is 48.7 Å². The van der Waals surface area contributed by atoms with Crippen LogP contribution >= 0.6 is 0 Å².